The average molecular weight is 471 g/mol. The molecule has 0 bridgehead atoms. The molecule has 0 heterocycles. The molecule has 2 N–H and O–H groups in total. The second kappa shape index (κ2) is 8.91. The van der Waals surface area contributed by atoms with Crippen LogP contribution in [0.25, 0.3) is 0 Å². The van der Waals surface area contributed by atoms with Gasteiger partial charge in [-0.05, 0) is 56.7 Å². The van der Waals surface area contributed by atoms with Crippen LogP contribution in [-0.4, -0.2) is 42.6 Å². The van der Waals surface area contributed by atoms with Crippen molar-refractivity contribution in [2.75, 3.05) is 26.8 Å². The first-order valence-corrected chi connectivity index (χ1v) is 8.25. The van der Waals surface area contributed by atoms with Crippen molar-refractivity contribution in [3.63, 3.8) is 0 Å². The summed E-state index contributed by atoms with van der Waals surface area (Å²) < 4.78 is 6.84. The summed E-state index contributed by atoms with van der Waals surface area (Å²) >= 11 is 10.5. The van der Waals surface area contributed by atoms with Crippen LogP contribution in [0.4, 0.5) is 0 Å². The number of hydrogen-bond acceptors (Lipinski definition) is 3. The number of hydrogen-bond donors (Lipinski definition) is 1. The van der Waals surface area contributed by atoms with Crippen LogP contribution in [0.5, 0.6) is 0 Å². The van der Waals surface area contributed by atoms with E-state index in [1.165, 1.54) is 0 Å². The summed E-state index contributed by atoms with van der Waals surface area (Å²) in [5.74, 6) is -0.0521. The van der Waals surface area contributed by atoms with E-state index < -0.39 is 0 Å². The maximum absolute atomic E-state index is 12.6. The number of ether oxygens (including phenoxy) is 1. The lowest BCUT2D eigenvalue weighted by Gasteiger charge is -2.23. The Kier molecular flexibility index (Phi) is 7.93. The summed E-state index contributed by atoms with van der Waals surface area (Å²) in [6.45, 7) is 1.48. The Morgan fingerprint density at radius 2 is 2.20 bits per heavy atom. The molecular formula is C13H16BrIN2O2S. The Bertz CT molecular complexity index is 499. The van der Waals surface area contributed by atoms with Gasteiger partial charge in [-0.25, -0.2) is 0 Å². The van der Waals surface area contributed by atoms with Gasteiger partial charge in [0.05, 0.1) is 17.2 Å². The van der Waals surface area contributed by atoms with Crippen LogP contribution in [0, 0.1) is 3.57 Å². The molecule has 0 aliphatic heterocycles. The Morgan fingerprint density at radius 3 is 2.80 bits per heavy atom. The van der Waals surface area contributed by atoms with E-state index in [0.717, 1.165) is 8.04 Å². The van der Waals surface area contributed by atoms with Crippen molar-refractivity contribution >= 4 is 61.6 Å². The number of methoxy groups -OCH3 is 1. The van der Waals surface area contributed by atoms with E-state index >= 15 is 0 Å². The molecule has 0 saturated carbocycles. The summed E-state index contributed by atoms with van der Waals surface area (Å²) in [7, 11) is 1.61. The zero-order chi connectivity index (χ0) is 15.1. The van der Waals surface area contributed by atoms with Gasteiger partial charge in [0.15, 0.2) is 0 Å². The zero-order valence-electron chi connectivity index (χ0n) is 11.1. The van der Waals surface area contributed by atoms with Crippen LogP contribution in [-0.2, 0) is 4.74 Å². The normalized spacial score (nSPS) is 10.3. The Morgan fingerprint density at radius 1 is 1.50 bits per heavy atom. The molecule has 0 radical (unpaired) electrons. The smallest absolute Gasteiger partial charge is 0.255 e. The largest absolute Gasteiger partial charge is 0.393 e. The van der Waals surface area contributed by atoms with Crippen LogP contribution < -0.4 is 5.73 Å². The Hall–Kier alpha value is -0.250. The third-order valence-electron chi connectivity index (χ3n) is 2.64. The van der Waals surface area contributed by atoms with Crippen molar-refractivity contribution < 1.29 is 9.53 Å². The first kappa shape index (κ1) is 17.8. The standard InChI is InChI=1S/C13H16BrIN2O2S/c1-19-7-6-17(5-4-12(16)20)13(18)10-8-9(15)2-3-11(10)14/h2-3,8H,4-7H2,1H3,(H2,16,20). The van der Waals surface area contributed by atoms with Crippen molar-refractivity contribution in [1.29, 1.82) is 0 Å². The van der Waals surface area contributed by atoms with E-state index in [2.05, 4.69) is 38.5 Å². The number of halogens is 2. The van der Waals surface area contributed by atoms with Gasteiger partial charge in [-0.2, -0.15) is 0 Å². The SMILES string of the molecule is COCCN(CCC(N)=S)C(=O)c1cc(I)ccc1Br. The van der Waals surface area contributed by atoms with Gasteiger partial charge in [0.2, 0.25) is 0 Å². The van der Waals surface area contributed by atoms with Gasteiger partial charge in [-0.3, -0.25) is 4.79 Å². The van der Waals surface area contributed by atoms with E-state index in [9.17, 15) is 4.79 Å². The summed E-state index contributed by atoms with van der Waals surface area (Å²) in [6.07, 6.45) is 0.506. The molecule has 20 heavy (non-hydrogen) atoms. The molecule has 0 unspecified atom stereocenters. The van der Waals surface area contributed by atoms with Crippen molar-refractivity contribution in [2.24, 2.45) is 5.73 Å². The van der Waals surface area contributed by atoms with E-state index in [4.69, 9.17) is 22.7 Å². The molecule has 0 spiro atoms. The van der Waals surface area contributed by atoms with Gasteiger partial charge in [0.1, 0.15) is 0 Å². The minimum Gasteiger partial charge on any atom is -0.393 e. The average Bonchev–Trinajstić information content (AvgIpc) is 2.40. The van der Waals surface area contributed by atoms with Gasteiger partial charge in [-0.1, -0.05) is 12.2 Å². The molecule has 4 nitrogen and oxygen atoms in total. The number of carbonyl (C=O) groups is 1. The lowest BCUT2D eigenvalue weighted by Crippen LogP contribution is -2.36. The van der Waals surface area contributed by atoms with E-state index in [0.29, 0.717) is 36.7 Å². The van der Waals surface area contributed by atoms with Gasteiger partial charge in [0.25, 0.3) is 5.91 Å². The molecular weight excluding hydrogens is 455 g/mol. The molecule has 0 atom stereocenters. The summed E-state index contributed by atoms with van der Waals surface area (Å²) in [5.41, 5.74) is 6.15. The fourth-order valence-corrected chi connectivity index (χ4v) is 2.59. The lowest BCUT2D eigenvalue weighted by molar-refractivity contribution is 0.0700. The van der Waals surface area contributed by atoms with E-state index in [1.54, 1.807) is 12.0 Å². The van der Waals surface area contributed by atoms with Crippen LogP contribution in [0.15, 0.2) is 22.7 Å². The second-order valence-electron chi connectivity index (χ2n) is 4.13. The predicted molar refractivity (Wildman–Crippen MR) is 96.0 cm³/mol. The highest BCUT2D eigenvalue weighted by molar-refractivity contribution is 14.1. The fraction of sp³-hybridized carbons (Fsp3) is 0.385. The highest BCUT2D eigenvalue weighted by Crippen LogP contribution is 2.21. The molecule has 1 aromatic carbocycles. The summed E-state index contributed by atoms with van der Waals surface area (Å²) in [6, 6.07) is 5.67. The van der Waals surface area contributed by atoms with Gasteiger partial charge >= 0.3 is 0 Å². The summed E-state index contributed by atoms with van der Waals surface area (Å²) in [4.78, 5) is 14.7. The number of carbonyl (C=O) groups excluding carboxylic acids is 1. The zero-order valence-corrected chi connectivity index (χ0v) is 15.6. The molecule has 0 aliphatic carbocycles. The second-order valence-corrected chi connectivity index (χ2v) is 6.75. The molecule has 1 rings (SSSR count). The summed E-state index contributed by atoms with van der Waals surface area (Å²) in [5, 5.41) is 0. The number of thiocarbonyl (C=S) groups is 1. The maximum atomic E-state index is 12.6. The first-order valence-electron chi connectivity index (χ1n) is 5.97. The quantitative estimate of drug-likeness (QED) is 0.491. The third kappa shape index (κ3) is 5.63. The molecule has 110 valence electrons. The number of rotatable bonds is 7. The minimum absolute atomic E-state index is 0.0521. The topological polar surface area (TPSA) is 55.6 Å². The van der Waals surface area contributed by atoms with Crippen LogP contribution >= 0.6 is 50.7 Å². The number of amides is 1. The molecule has 1 aromatic rings. The molecule has 0 saturated heterocycles. The van der Waals surface area contributed by atoms with E-state index in [1.807, 2.05) is 18.2 Å². The highest BCUT2D eigenvalue weighted by atomic mass is 127. The van der Waals surface area contributed by atoms with Crippen LogP contribution in [0.3, 0.4) is 0 Å². The highest BCUT2D eigenvalue weighted by Gasteiger charge is 2.18. The minimum atomic E-state index is -0.0521. The molecule has 1 amide bonds. The van der Waals surface area contributed by atoms with E-state index in [-0.39, 0.29) is 5.91 Å². The van der Waals surface area contributed by atoms with Crippen molar-refractivity contribution in [3.8, 4) is 0 Å². The van der Waals surface area contributed by atoms with Crippen molar-refractivity contribution in [3.05, 3.63) is 31.8 Å². The Balaban J connectivity index is 2.90. The predicted octanol–water partition coefficient (Wildman–Crippen LogP) is 2.82. The van der Waals surface area contributed by atoms with Crippen LogP contribution in [0.1, 0.15) is 16.8 Å². The Labute approximate surface area is 146 Å². The van der Waals surface area contributed by atoms with Crippen molar-refractivity contribution in [1.82, 2.24) is 4.90 Å². The first-order chi connectivity index (χ1) is 9.45. The molecule has 7 heteroatoms. The molecule has 0 aliphatic rings. The lowest BCUT2D eigenvalue weighted by atomic mass is 10.2. The fourth-order valence-electron chi connectivity index (χ4n) is 1.59. The molecule has 0 aromatic heterocycles. The van der Waals surface area contributed by atoms with Gasteiger partial charge < -0.3 is 15.4 Å². The van der Waals surface area contributed by atoms with Gasteiger partial charge in [-0.15, -0.1) is 0 Å². The molecule has 0 fully saturated rings. The number of nitrogens with zero attached hydrogens (tertiary/aromatic N) is 1. The van der Waals surface area contributed by atoms with Gasteiger partial charge in [0, 0.05) is 34.7 Å². The third-order valence-corrected chi connectivity index (χ3v) is 4.21. The van der Waals surface area contributed by atoms with Crippen LogP contribution in [0.2, 0.25) is 0 Å². The number of benzene rings is 1. The monoisotopic (exact) mass is 470 g/mol. The maximum Gasteiger partial charge on any atom is 0.255 e. The van der Waals surface area contributed by atoms with Crippen molar-refractivity contribution in [2.45, 2.75) is 6.42 Å². The number of nitrogens with two attached hydrogens (primary N) is 1.